The van der Waals surface area contributed by atoms with Gasteiger partial charge in [-0.05, 0) is 37.3 Å². The summed E-state index contributed by atoms with van der Waals surface area (Å²) in [4.78, 5) is 29.3. The SMILES string of the molecule is CC(=O)O[C@@H]1CN(CO[SiH3])[C@](c2ccccc2)(C(C)(C)C)C1(C(=O)OC(C)(C)C)c1ccccc1. The minimum atomic E-state index is -1.37. The molecule has 0 amide bonds. The van der Waals surface area contributed by atoms with Gasteiger partial charge in [-0.25, -0.2) is 0 Å². The van der Waals surface area contributed by atoms with Crippen molar-refractivity contribution in [2.75, 3.05) is 13.3 Å². The van der Waals surface area contributed by atoms with Gasteiger partial charge in [-0.2, -0.15) is 0 Å². The topological polar surface area (TPSA) is 65.1 Å². The molecule has 1 heterocycles. The summed E-state index contributed by atoms with van der Waals surface area (Å²) in [6.45, 7) is 14.0. The van der Waals surface area contributed by atoms with Gasteiger partial charge in [0.2, 0.25) is 0 Å². The highest BCUT2D eigenvalue weighted by Crippen LogP contribution is 2.63. The van der Waals surface area contributed by atoms with Crippen LogP contribution in [-0.2, 0) is 34.4 Å². The number of likely N-dealkylation sites (tertiary alicyclic amines) is 1. The number of ether oxygens (including phenoxy) is 2. The maximum atomic E-state index is 14.7. The first-order chi connectivity index (χ1) is 16.3. The molecule has 0 saturated carbocycles. The molecule has 0 aromatic heterocycles. The Labute approximate surface area is 212 Å². The van der Waals surface area contributed by atoms with E-state index in [4.69, 9.17) is 13.9 Å². The first-order valence-corrected chi connectivity index (χ1v) is 12.9. The standard InChI is InChI=1S/C28H39NO5Si/c1-20(30)33-23-18-29(19-32-35)28(25(2,3)4,22-16-12-9-13-17-22)27(23,21-14-10-8-11-15-21)24(31)34-26(5,6)7/h8-17,23H,18-19H2,1-7,35H3/t23-,27?,28-/m1/s1. The Balaban J connectivity index is 2.56. The van der Waals surface area contributed by atoms with Crippen LogP contribution in [0.3, 0.4) is 0 Å². The van der Waals surface area contributed by atoms with Crippen molar-refractivity contribution >= 4 is 22.4 Å². The average Bonchev–Trinajstić information content (AvgIpc) is 3.04. The molecule has 1 saturated heterocycles. The van der Waals surface area contributed by atoms with Crippen LogP contribution in [0.15, 0.2) is 60.7 Å². The van der Waals surface area contributed by atoms with Crippen LogP contribution in [0.5, 0.6) is 0 Å². The number of benzene rings is 2. The fraction of sp³-hybridized carbons (Fsp3) is 0.500. The summed E-state index contributed by atoms with van der Waals surface area (Å²) in [6.07, 6.45) is -0.798. The third kappa shape index (κ3) is 4.57. The molecule has 1 fully saturated rings. The van der Waals surface area contributed by atoms with Crippen molar-refractivity contribution in [3.63, 3.8) is 0 Å². The van der Waals surface area contributed by atoms with Gasteiger partial charge in [0.05, 0.1) is 12.3 Å². The van der Waals surface area contributed by atoms with Gasteiger partial charge in [-0.15, -0.1) is 0 Å². The van der Waals surface area contributed by atoms with E-state index in [1.54, 1.807) is 0 Å². The lowest BCUT2D eigenvalue weighted by molar-refractivity contribution is -0.181. The lowest BCUT2D eigenvalue weighted by atomic mass is 9.52. The van der Waals surface area contributed by atoms with Gasteiger partial charge in [-0.1, -0.05) is 81.4 Å². The molecule has 0 spiro atoms. The normalized spacial score (nSPS) is 25.4. The molecule has 2 aromatic carbocycles. The van der Waals surface area contributed by atoms with E-state index in [0.29, 0.717) is 23.8 Å². The molecule has 1 aliphatic heterocycles. The van der Waals surface area contributed by atoms with Gasteiger partial charge >= 0.3 is 11.9 Å². The maximum absolute atomic E-state index is 14.7. The number of hydrogen-bond acceptors (Lipinski definition) is 6. The predicted octanol–water partition coefficient (Wildman–Crippen LogP) is 3.71. The minimum absolute atomic E-state index is 0.299. The van der Waals surface area contributed by atoms with Crippen molar-refractivity contribution < 1.29 is 23.5 Å². The number of carbonyl (C=O) groups excluding carboxylic acids is 2. The summed E-state index contributed by atoms with van der Waals surface area (Å²) in [5, 5.41) is 0. The molecule has 2 aromatic rings. The van der Waals surface area contributed by atoms with Crippen molar-refractivity contribution in [3.8, 4) is 0 Å². The molecule has 6 nitrogen and oxygen atoms in total. The molecule has 0 aliphatic carbocycles. The van der Waals surface area contributed by atoms with Crippen molar-refractivity contribution in [2.45, 2.75) is 71.1 Å². The van der Waals surface area contributed by atoms with E-state index in [9.17, 15) is 9.59 Å². The second-order valence-electron chi connectivity index (χ2n) is 11.2. The molecule has 190 valence electrons. The number of carbonyl (C=O) groups is 2. The Kier molecular flexibility index (Phi) is 7.65. The van der Waals surface area contributed by atoms with E-state index in [0.717, 1.165) is 11.1 Å². The Morgan fingerprint density at radius 3 is 1.89 bits per heavy atom. The third-order valence-electron chi connectivity index (χ3n) is 6.73. The molecular formula is C28H39NO5Si. The smallest absolute Gasteiger partial charge is 0.323 e. The highest BCUT2D eigenvalue weighted by molar-refractivity contribution is 5.98. The molecular weight excluding hydrogens is 458 g/mol. The summed E-state index contributed by atoms with van der Waals surface area (Å²) in [5.74, 6) is -0.861. The van der Waals surface area contributed by atoms with E-state index in [1.165, 1.54) is 6.92 Å². The van der Waals surface area contributed by atoms with Crippen LogP contribution in [0.1, 0.15) is 59.6 Å². The highest BCUT2D eigenvalue weighted by atomic mass is 28.2. The molecule has 0 radical (unpaired) electrons. The molecule has 3 atom stereocenters. The quantitative estimate of drug-likeness (QED) is 0.448. The summed E-state index contributed by atoms with van der Waals surface area (Å²) in [7, 11) is 0.522. The Morgan fingerprint density at radius 2 is 1.46 bits per heavy atom. The van der Waals surface area contributed by atoms with Gasteiger partial charge in [0, 0.05) is 13.5 Å². The van der Waals surface area contributed by atoms with Gasteiger partial charge in [-0.3, -0.25) is 14.5 Å². The van der Waals surface area contributed by atoms with E-state index < -0.39 is 40.0 Å². The monoisotopic (exact) mass is 497 g/mol. The first kappa shape index (κ1) is 27.1. The fourth-order valence-corrected chi connectivity index (χ4v) is 6.34. The van der Waals surface area contributed by atoms with Crippen LogP contribution in [-0.4, -0.2) is 52.3 Å². The first-order valence-electron chi connectivity index (χ1n) is 12.1. The van der Waals surface area contributed by atoms with Crippen LogP contribution >= 0.6 is 0 Å². The molecule has 0 N–H and O–H groups in total. The number of esters is 2. The van der Waals surface area contributed by atoms with E-state index in [-0.39, 0.29) is 0 Å². The Morgan fingerprint density at radius 1 is 0.943 bits per heavy atom. The van der Waals surface area contributed by atoms with Gasteiger partial charge in [0.25, 0.3) is 0 Å². The molecule has 1 aliphatic rings. The zero-order chi connectivity index (χ0) is 26.1. The van der Waals surface area contributed by atoms with Crippen LogP contribution < -0.4 is 0 Å². The summed E-state index contributed by atoms with van der Waals surface area (Å²) < 4.78 is 18.1. The average molecular weight is 498 g/mol. The summed E-state index contributed by atoms with van der Waals surface area (Å²) >= 11 is 0. The molecule has 1 unspecified atom stereocenters. The zero-order valence-electron chi connectivity index (χ0n) is 22.3. The molecule has 3 rings (SSSR count). The number of nitrogens with zero attached hydrogens (tertiary/aromatic N) is 1. The van der Waals surface area contributed by atoms with Crippen molar-refractivity contribution in [1.82, 2.24) is 4.90 Å². The largest absolute Gasteiger partial charge is 0.460 e. The summed E-state index contributed by atoms with van der Waals surface area (Å²) in [5.41, 5.74) is -1.91. The van der Waals surface area contributed by atoms with Crippen LogP contribution in [0.2, 0.25) is 0 Å². The second kappa shape index (κ2) is 9.88. The van der Waals surface area contributed by atoms with Crippen molar-refractivity contribution in [2.24, 2.45) is 5.41 Å². The lowest BCUT2D eigenvalue weighted by Gasteiger charge is -2.56. The fourth-order valence-electron chi connectivity index (χ4n) is 6.03. The highest BCUT2D eigenvalue weighted by Gasteiger charge is 2.75. The van der Waals surface area contributed by atoms with E-state index in [2.05, 4.69) is 25.7 Å². The maximum Gasteiger partial charge on any atom is 0.323 e. The van der Waals surface area contributed by atoms with Gasteiger partial charge in [0.15, 0.2) is 5.41 Å². The van der Waals surface area contributed by atoms with Gasteiger partial charge in [0.1, 0.15) is 22.2 Å². The molecule has 35 heavy (non-hydrogen) atoms. The number of hydrogen-bond donors (Lipinski definition) is 0. The van der Waals surface area contributed by atoms with Crippen molar-refractivity contribution in [3.05, 3.63) is 71.8 Å². The predicted molar refractivity (Wildman–Crippen MR) is 140 cm³/mol. The van der Waals surface area contributed by atoms with Crippen molar-refractivity contribution in [1.29, 1.82) is 0 Å². The molecule has 7 heteroatoms. The third-order valence-corrected chi connectivity index (χ3v) is 6.99. The summed E-state index contributed by atoms with van der Waals surface area (Å²) in [6, 6.07) is 19.6. The Bertz CT molecular complexity index is 1030. The Hall–Kier alpha value is -2.48. The van der Waals surface area contributed by atoms with Gasteiger partial charge < -0.3 is 13.9 Å². The number of rotatable bonds is 6. The van der Waals surface area contributed by atoms with E-state index in [1.807, 2.05) is 81.4 Å². The minimum Gasteiger partial charge on any atom is -0.460 e. The van der Waals surface area contributed by atoms with Crippen LogP contribution in [0.25, 0.3) is 0 Å². The van der Waals surface area contributed by atoms with Crippen LogP contribution in [0, 0.1) is 5.41 Å². The lowest BCUT2D eigenvalue weighted by Crippen LogP contribution is -2.67. The van der Waals surface area contributed by atoms with Crippen LogP contribution in [0.4, 0.5) is 0 Å². The van der Waals surface area contributed by atoms with E-state index >= 15 is 0 Å². The zero-order valence-corrected chi connectivity index (χ0v) is 24.3. The second-order valence-corrected chi connectivity index (χ2v) is 11.8. The molecule has 0 bridgehead atoms.